The van der Waals surface area contributed by atoms with E-state index in [2.05, 4.69) is 19.2 Å². The minimum absolute atomic E-state index is 0.0648. The first-order valence-corrected chi connectivity index (χ1v) is 10.3. The number of hydrogen-bond donors (Lipinski definition) is 1. The Morgan fingerprint density at radius 1 is 1.29 bits per heavy atom. The maximum absolute atomic E-state index is 13.2. The molecule has 3 rings (SSSR count). The molecule has 1 unspecified atom stereocenters. The van der Waals surface area contributed by atoms with Gasteiger partial charge >= 0.3 is 5.97 Å². The van der Waals surface area contributed by atoms with Crippen LogP contribution < -0.4 is 5.32 Å². The summed E-state index contributed by atoms with van der Waals surface area (Å²) in [6.45, 7) is 8.47. The number of carbonyl (C=O) groups is 2. The van der Waals surface area contributed by atoms with Gasteiger partial charge in [-0.25, -0.2) is 4.79 Å². The van der Waals surface area contributed by atoms with E-state index in [-0.39, 0.29) is 17.2 Å². The zero-order valence-corrected chi connectivity index (χ0v) is 17.8. The summed E-state index contributed by atoms with van der Waals surface area (Å²) in [4.78, 5) is 26.1. The summed E-state index contributed by atoms with van der Waals surface area (Å²) in [5.74, 6) is -0.815. The minimum Gasteiger partial charge on any atom is -0.462 e. The summed E-state index contributed by atoms with van der Waals surface area (Å²) >= 11 is 6.51. The van der Waals surface area contributed by atoms with Crippen molar-refractivity contribution in [1.29, 1.82) is 0 Å². The van der Waals surface area contributed by atoms with Crippen molar-refractivity contribution in [2.75, 3.05) is 6.61 Å². The number of esters is 1. The number of allylic oxidation sites excluding steroid dienone is 3. The highest BCUT2D eigenvalue weighted by molar-refractivity contribution is 6.31. The minimum atomic E-state index is -0.498. The number of unbranched alkanes of at least 4 members (excludes halogenated alkanes) is 1. The third-order valence-corrected chi connectivity index (χ3v) is 5.75. The van der Waals surface area contributed by atoms with E-state index in [1.54, 1.807) is 6.07 Å². The van der Waals surface area contributed by atoms with Gasteiger partial charge in [0.2, 0.25) is 0 Å². The van der Waals surface area contributed by atoms with Crippen LogP contribution in [0.3, 0.4) is 0 Å². The van der Waals surface area contributed by atoms with Crippen LogP contribution in [0.5, 0.6) is 0 Å². The van der Waals surface area contributed by atoms with Gasteiger partial charge in [-0.1, -0.05) is 57.0 Å². The van der Waals surface area contributed by atoms with E-state index < -0.39 is 5.92 Å². The fraction of sp³-hybridized carbons (Fsp3) is 0.478. The molecule has 28 heavy (non-hydrogen) atoms. The summed E-state index contributed by atoms with van der Waals surface area (Å²) < 4.78 is 5.53. The molecular formula is C23H28ClNO3. The summed E-state index contributed by atoms with van der Waals surface area (Å²) in [6, 6.07) is 7.42. The SMILES string of the molecule is CCCCOC(=O)C1=C(C)NC2=C(C(=O)CC(C)(C)C2)C1c1ccccc1Cl. The van der Waals surface area contributed by atoms with Crippen LogP contribution in [0.1, 0.15) is 64.9 Å². The highest BCUT2D eigenvalue weighted by atomic mass is 35.5. The molecule has 0 aromatic heterocycles. The Kier molecular flexibility index (Phi) is 5.99. The van der Waals surface area contributed by atoms with Crippen LogP contribution in [0.2, 0.25) is 5.02 Å². The standard InChI is InChI=1S/C23H28ClNO3/c1-5-6-11-28-22(27)19-14(2)25-17-12-23(3,4)13-18(26)21(17)20(19)15-9-7-8-10-16(15)24/h7-10,20,25H,5-6,11-13H2,1-4H3. The van der Waals surface area contributed by atoms with E-state index in [0.29, 0.717) is 29.2 Å². The van der Waals surface area contributed by atoms with Crippen molar-refractivity contribution in [2.24, 2.45) is 5.41 Å². The lowest BCUT2D eigenvalue weighted by Crippen LogP contribution is -2.38. The third kappa shape index (κ3) is 4.02. The Hall–Kier alpha value is -2.07. The monoisotopic (exact) mass is 401 g/mol. The molecule has 0 amide bonds. The van der Waals surface area contributed by atoms with Crippen molar-refractivity contribution in [3.05, 3.63) is 57.4 Å². The molecule has 0 fully saturated rings. The topological polar surface area (TPSA) is 55.4 Å². The zero-order valence-electron chi connectivity index (χ0n) is 17.0. The molecule has 1 aliphatic carbocycles. The average Bonchev–Trinajstić information content (AvgIpc) is 2.60. The van der Waals surface area contributed by atoms with Crippen LogP contribution in [-0.4, -0.2) is 18.4 Å². The van der Waals surface area contributed by atoms with Gasteiger partial charge in [0, 0.05) is 34.3 Å². The first-order chi connectivity index (χ1) is 13.2. The summed E-state index contributed by atoms with van der Waals surface area (Å²) in [7, 11) is 0. The van der Waals surface area contributed by atoms with E-state index >= 15 is 0 Å². The van der Waals surface area contributed by atoms with Gasteiger partial charge in [0.1, 0.15) is 0 Å². The fourth-order valence-corrected chi connectivity index (χ4v) is 4.36. The van der Waals surface area contributed by atoms with Crippen LogP contribution in [0.15, 0.2) is 46.8 Å². The number of ether oxygens (including phenoxy) is 1. The Labute approximate surface area is 172 Å². The molecule has 0 saturated carbocycles. The van der Waals surface area contributed by atoms with Gasteiger partial charge in [-0.15, -0.1) is 0 Å². The Morgan fingerprint density at radius 2 is 2.00 bits per heavy atom. The number of benzene rings is 1. The molecule has 1 aromatic rings. The summed E-state index contributed by atoms with van der Waals surface area (Å²) in [5.41, 5.74) is 3.42. The van der Waals surface area contributed by atoms with Crippen molar-refractivity contribution in [1.82, 2.24) is 5.32 Å². The van der Waals surface area contributed by atoms with Gasteiger partial charge in [0.15, 0.2) is 5.78 Å². The molecule has 1 heterocycles. The Balaban J connectivity index is 2.11. The average molecular weight is 402 g/mol. The van der Waals surface area contributed by atoms with Crippen LogP contribution in [0.4, 0.5) is 0 Å². The quantitative estimate of drug-likeness (QED) is 0.538. The van der Waals surface area contributed by atoms with E-state index in [1.165, 1.54) is 0 Å². The highest BCUT2D eigenvalue weighted by Gasteiger charge is 2.43. The molecule has 1 atom stereocenters. The number of nitrogens with one attached hydrogen (secondary N) is 1. The Morgan fingerprint density at radius 3 is 2.68 bits per heavy atom. The smallest absolute Gasteiger partial charge is 0.336 e. The van der Waals surface area contributed by atoms with E-state index in [1.807, 2.05) is 32.0 Å². The lowest BCUT2D eigenvalue weighted by Gasteiger charge is -2.39. The van der Waals surface area contributed by atoms with Gasteiger partial charge in [0.05, 0.1) is 12.2 Å². The van der Waals surface area contributed by atoms with Crippen LogP contribution in [0.25, 0.3) is 0 Å². The second-order valence-electron chi connectivity index (χ2n) is 8.44. The van der Waals surface area contributed by atoms with Crippen LogP contribution in [-0.2, 0) is 14.3 Å². The number of ketones is 1. The number of carbonyl (C=O) groups excluding carboxylic acids is 2. The maximum Gasteiger partial charge on any atom is 0.336 e. The van der Waals surface area contributed by atoms with Gasteiger partial charge in [-0.3, -0.25) is 4.79 Å². The summed E-state index contributed by atoms with van der Waals surface area (Å²) in [5, 5.41) is 3.89. The lowest BCUT2D eigenvalue weighted by atomic mass is 9.68. The van der Waals surface area contributed by atoms with Crippen LogP contribution >= 0.6 is 11.6 Å². The molecular weight excluding hydrogens is 374 g/mol. The van der Waals surface area contributed by atoms with Gasteiger partial charge in [-0.2, -0.15) is 0 Å². The molecule has 0 spiro atoms. The first kappa shape index (κ1) is 20.7. The van der Waals surface area contributed by atoms with Gasteiger partial charge in [-0.05, 0) is 36.8 Å². The molecule has 2 aliphatic rings. The first-order valence-electron chi connectivity index (χ1n) is 9.90. The van der Waals surface area contributed by atoms with Gasteiger partial charge in [0.25, 0.3) is 0 Å². The van der Waals surface area contributed by atoms with Crippen molar-refractivity contribution >= 4 is 23.4 Å². The Bertz CT molecular complexity index is 866. The molecule has 0 saturated heterocycles. The van der Waals surface area contributed by atoms with Gasteiger partial charge < -0.3 is 10.1 Å². The number of hydrogen-bond acceptors (Lipinski definition) is 4. The molecule has 1 N–H and O–H groups in total. The van der Waals surface area contributed by atoms with Crippen molar-refractivity contribution in [2.45, 2.75) is 59.3 Å². The summed E-state index contributed by atoms with van der Waals surface area (Å²) in [6.07, 6.45) is 2.96. The molecule has 5 heteroatoms. The largest absolute Gasteiger partial charge is 0.462 e. The van der Waals surface area contributed by atoms with Crippen molar-refractivity contribution < 1.29 is 14.3 Å². The molecule has 1 aromatic carbocycles. The molecule has 1 aliphatic heterocycles. The van der Waals surface area contributed by atoms with Crippen molar-refractivity contribution in [3.63, 3.8) is 0 Å². The molecule has 0 radical (unpaired) electrons. The molecule has 150 valence electrons. The van der Waals surface area contributed by atoms with Crippen molar-refractivity contribution in [3.8, 4) is 0 Å². The number of rotatable bonds is 5. The van der Waals surface area contributed by atoms with E-state index in [4.69, 9.17) is 16.3 Å². The highest BCUT2D eigenvalue weighted by Crippen LogP contribution is 2.47. The van der Waals surface area contributed by atoms with Crippen LogP contribution in [0, 0.1) is 5.41 Å². The predicted octanol–water partition coefficient (Wildman–Crippen LogP) is 5.29. The fourth-order valence-electron chi connectivity index (χ4n) is 4.11. The number of halogens is 1. The second-order valence-corrected chi connectivity index (χ2v) is 8.85. The normalized spacial score (nSPS) is 21.3. The lowest BCUT2D eigenvalue weighted by molar-refractivity contribution is -0.139. The zero-order chi connectivity index (χ0) is 20.5. The number of dihydropyridines is 1. The van der Waals surface area contributed by atoms with E-state index in [0.717, 1.165) is 36.2 Å². The maximum atomic E-state index is 13.2. The second kappa shape index (κ2) is 8.12. The molecule has 0 bridgehead atoms. The third-order valence-electron chi connectivity index (χ3n) is 5.41. The molecule has 4 nitrogen and oxygen atoms in total. The number of Topliss-reactive ketones (excluding diaryl/α,β-unsaturated/α-hetero) is 1. The van der Waals surface area contributed by atoms with E-state index in [9.17, 15) is 9.59 Å². The predicted molar refractivity (Wildman–Crippen MR) is 111 cm³/mol.